The van der Waals surface area contributed by atoms with Crippen LogP contribution in [0.5, 0.6) is 0 Å². The molecule has 0 spiro atoms. The highest BCUT2D eigenvalue weighted by Crippen LogP contribution is 2.23. The van der Waals surface area contributed by atoms with Crippen LogP contribution in [0.25, 0.3) is 6.08 Å². The van der Waals surface area contributed by atoms with Crippen LogP contribution in [0, 0.1) is 11.3 Å². The SMILES string of the molecule is N#C/C(=C\c1ccc(Br)cc1)S(=O)(=O)c1ccc(Cl)cc1. The van der Waals surface area contributed by atoms with E-state index >= 15 is 0 Å². The molecule has 0 amide bonds. The molecule has 0 unspecified atom stereocenters. The highest BCUT2D eigenvalue weighted by atomic mass is 79.9. The van der Waals surface area contributed by atoms with Crippen molar-refractivity contribution in [1.29, 1.82) is 5.26 Å². The van der Waals surface area contributed by atoms with Crippen molar-refractivity contribution in [3.63, 3.8) is 0 Å². The van der Waals surface area contributed by atoms with Gasteiger partial charge in [0.15, 0.2) is 0 Å². The van der Waals surface area contributed by atoms with Crippen LogP contribution in [-0.4, -0.2) is 8.42 Å². The largest absolute Gasteiger partial charge is 0.218 e. The van der Waals surface area contributed by atoms with Gasteiger partial charge in [0.1, 0.15) is 11.0 Å². The zero-order chi connectivity index (χ0) is 15.5. The predicted octanol–water partition coefficient (Wildman–Crippen LogP) is 4.44. The number of hydrogen-bond donors (Lipinski definition) is 0. The molecule has 2 aromatic carbocycles. The molecule has 0 N–H and O–H groups in total. The second kappa shape index (κ2) is 6.44. The lowest BCUT2D eigenvalue weighted by Gasteiger charge is -2.03. The van der Waals surface area contributed by atoms with Crippen molar-refractivity contribution < 1.29 is 8.42 Å². The molecular formula is C15H9BrClNO2S. The number of nitrogens with zero attached hydrogens (tertiary/aromatic N) is 1. The van der Waals surface area contributed by atoms with Gasteiger partial charge in [-0.15, -0.1) is 0 Å². The number of hydrogen-bond acceptors (Lipinski definition) is 3. The lowest BCUT2D eigenvalue weighted by atomic mass is 10.2. The minimum absolute atomic E-state index is 0.0387. The van der Waals surface area contributed by atoms with Crippen molar-refractivity contribution in [2.75, 3.05) is 0 Å². The third-order valence-electron chi connectivity index (χ3n) is 2.69. The van der Waals surface area contributed by atoms with Crippen molar-refractivity contribution in [3.8, 4) is 6.07 Å². The third kappa shape index (κ3) is 3.73. The first kappa shape index (κ1) is 15.8. The fourth-order valence-corrected chi connectivity index (χ4v) is 3.17. The Hall–Kier alpha value is -1.61. The van der Waals surface area contributed by atoms with Crippen molar-refractivity contribution in [2.45, 2.75) is 4.90 Å². The van der Waals surface area contributed by atoms with E-state index in [1.807, 2.05) is 0 Å². The molecule has 6 heteroatoms. The lowest BCUT2D eigenvalue weighted by molar-refractivity contribution is 0.603. The first-order chi connectivity index (χ1) is 9.93. The molecule has 21 heavy (non-hydrogen) atoms. The molecule has 0 aliphatic carbocycles. The number of rotatable bonds is 3. The smallest absolute Gasteiger partial charge is 0.216 e. The van der Waals surface area contributed by atoms with Crippen LogP contribution in [0.2, 0.25) is 5.02 Å². The van der Waals surface area contributed by atoms with E-state index in [-0.39, 0.29) is 9.80 Å². The van der Waals surface area contributed by atoms with Crippen molar-refractivity contribution >= 4 is 43.4 Å². The van der Waals surface area contributed by atoms with E-state index in [1.165, 1.54) is 30.3 Å². The van der Waals surface area contributed by atoms with Gasteiger partial charge < -0.3 is 0 Å². The Bertz CT molecular complexity index is 819. The highest BCUT2D eigenvalue weighted by molar-refractivity contribution is 9.10. The summed E-state index contributed by atoms with van der Waals surface area (Å²) < 4.78 is 25.7. The van der Waals surface area contributed by atoms with E-state index in [9.17, 15) is 8.42 Å². The summed E-state index contributed by atoms with van der Waals surface area (Å²) in [5.74, 6) is 0. The van der Waals surface area contributed by atoms with Crippen molar-refractivity contribution in [3.05, 3.63) is 68.5 Å². The Labute approximate surface area is 136 Å². The predicted molar refractivity (Wildman–Crippen MR) is 86.4 cm³/mol. The Morgan fingerprint density at radius 3 is 2.19 bits per heavy atom. The topological polar surface area (TPSA) is 57.9 Å². The molecular weight excluding hydrogens is 374 g/mol. The molecule has 3 nitrogen and oxygen atoms in total. The van der Waals surface area contributed by atoms with E-state index in [1.54, 1.807) is 30.3 Å². The average Bonchev–Trinajstić information content (AvgIpc) is 2.47. The van der Waals surface area contributed by atoms with E-state index in [2.05, 4.69) is 15.9 Å². The second-order valence-electron chi connectivity index (χ2n) is 4.13. The molecule has 0 fully saturated rings. The molecule has 106 valence electrons. The van der Waals surface area contributed by atoms with Gasteiger partial charge in [-0.05, 0) is 48.0 Å². The van der Waals surface area contributed by atoms with Crippen LogP contribution < -0.4 is 0 Å². The Morgan fingerprint density at radius 2 is 1.67 bits per heavy atom. The first-order valence-electron chi connectivity index (χ1n) is 5.81. The Morgan fingerprint density at radius 1 is 1.10 bits per heavy atom. The molecule has 0 atom stereocenters. The van der Waals surface area contributed by atoms with Crippen LogP contribution in [0.3, 0.4) is 0 Å². The summed E-state index contributed by atoms with van der Waals surface area (Å²) in [6, 6.07) is 14.4. The monoisotopic (exact) mass is 381 g/mol. The maximum atomic E-state index is 12.4. The summed E-state index contributed by atoms with van der Waals surface area (Å²) in [5, 5.41) is 9.60. The zero-order valence-corrected chi connectivity index (χ0v) is 13.8. The molecule has 0 aliphatic rings. The van der Waals surface area contributed by atoms with Crippen LogP contribution >= 0.6 is 27.5 Å². The number of sulfone groups is 1. The molecule has 2 rings (SSSR count). The van der Waals surface area contributed by atoms with Gasteiger partial charge in [-0.25, -0.2) is 8.42 Å². The van der Waals surface area contributed by atoms with Crippen LogP contribution in [-0.2, 0) is 9.84 Å². The molecule has 0 saturated carbocycles. The van der Waals surface area contributed by atoms with Crippen molar-refractivity contribution in [1.82, 2.24) is 0 Å². The van der Waals surface area contributed by atoms with E-state index in [4.69, 9.17) is 16.9 Å². The number of allylic oxidation sites excluding steroid dienone is 1. The zero-order valence-electron chi connectivity index (χ0n) is 10.6. The molecule has 0 radical (unpaired) electrons. The van der Waals surface area contributed by atoms with Gasteiger partial charge in [-0.1, -0.05) is 39.7 Å². The van der Waals surface area contributed by atoms with Gasteiger partial charge in [-0.2, -0.15) is 5.26 Å². The number of nitriles is 1. The summed E-state index contributed by atoms with van der Waals surface area (Å²) in [4.78, 5) is -0.274. The van der Waals surface area contributed by atoms with Gasteiger partial charge in [0, 0.05) is 9.50 Å². The Balaban J connectivity index is 2.47. The summed E-state index contributed by atoms with van der Waals surface area (Å²) in [7, 11) is -3.85. The van der Waals surface area contributed by atoms with E-state index < -0.39 is 9.84 Å². The quantitative estimate of drug-likeness (QED) is 0.737. The third-order valence-corrected chi connectivity index (χ3v) is 5.15. The second-order valence-corrected chi connectivity index (χ2v) is 7.40. The van der Waals surface area contributed by atoms with Gasteiger partial charge >= 0.3 is 0 Å². The number of benzene rings is 2. The van der Waals surface area contributed by atoms with Crippen LogP contribution in [0.15, 0.2) is 62.8 Å². The van der Waals surface area contributed by atoms with Gasteiger partial charge in [0.25, 0.3) is 0 Å². The Kier molecular flexibility index (Phi) is 4.84. The van der Waals surface area contributed by atoms with Crippen LogP contribution in [0.4, 0.5) is 0 Å². The van der Waals surface area contributed by atoms with Gasteiger partial charge in [0.05, 0.1) is 4.90 Å². The fourth-order valence-electron chi connectivity index (χ4n) is 1.62. The molecule has 0 saturated heterocycles. The van der Waals surface area contributed by atoms with E-state index in [0.29, 0.717) is 10.6 Å². The maximum Gasteiger partial charge on any atom is 0.216 e. The first-order valence-corrected chi connectivity index (χ1v) is 8.47. The molecule has 0 aromatic heterocycles. The molecule has 0 heterocycles. The molecule has 0 aliphatic heterocycles. The normalized spacial score (nSPS) is 12.0. The number of halogens is 2. The molecule has 0 bridgehead atoms. The minimum Gasteiger partial charge on any atom is -0.218 e. The summed E-state index contributed by atoms with van der Waals surface area (Å²) >= 11 is 9.04. The van der Waals surface area contributed by atoms with Crippen molar-refractivity contribution in [2.24, 2.45) is 0 Å². The summed E-state index contributed by atoms with van der Waals surface area (Å²) in [6.45, 7) is 0. The van der Waals surface area contributed by atoms with Crippen LogP contribution in [0.1, 0.15) is 5.56 Å². The molecule has 2 aromatic rings. The standard InChI is InChI=1S/C15H9BrClNO2S/c16-12-3-1-11(2-4-12)9-15(10-18)21(19,20)14-7-5-13(17)6-8-14/h1-9H/b15-9+. The van der Waals surface area contributed by atoms with Gasteiger partial charge in [0.2, 0.25) is 9.84 Å². The maximum absolute atomic E-state index is 12.4. The fraction of sp³-hybridized carbons (Fsp3) is 0. The summed E-state index contributed by atoms with van der Waals surface area (Å²) in [5.41, 5.74) is 0.632. The highest BCUT2D eigenvalue weighted by Gasteiger charge is 2.20. The lowest BCUT2D eigenvalue weighted by Crippen LogP contribution is -2.03. The summed E-state index contributed by atoms with van der Waals surface area (Å²) in [6.07, 6.45) is 1.34. The minimum atomic E-state index is -3.85. The van der Waals surface area contributed by atoms with E-state index in [0.717, 1.165) is 4.47 Å². The average molecular weight is 383 g/mol. The van der Waals surface area contributed by atoms with Gasteiger partial charge in [-0.3, -0.25) is 0 Å².